The standard InChI is InChI=1S/C21H18FNO3/c22-15-6-8-16-14(13-15)5-7-17(16)21(24)26-12-11-25-20-9-10-23-19-4-2-1-3-18(19)20/h1-4,6,8-10,13,17H,5,7,11-12H2. The zero-order valence-corrected chi connectivity index (χ0v) is 14.2. The lowest BCUT2D eigenvalue weighted by molar-refractivity contribution is -0.146. The highest BCUT2D eigenvalue weighted by molar-refractivity contribution is 5.84. The van der Waals surface area contributed by atoms with Crippen molar-refractivity contribution in [3.63, 3.8) is 0 Å². The molecule has 1 unspecified atom stereocenters. The number of carbonyl (C=O) groups excluding carboxylic acids is 1. The molecule has 5 heteroatoms. The Labute approximate surface area is 150 Å². The average Bonchev–Trinajstić information content (AvgIpc) is 3.08. The molecule has 0 N–H and O–H groups in total. The molecular formula is C21H18FNO3. The van der Waals surface area contributed by atoms with Crippen molar-refractivity contribution in [1.82, 2.24) is 4.98 Å². The number of benzene rings is 2. The van der Waals surface area contributed by atoms with Gasteiger partial charge in [-0.2, -0.15) is 0 Å². The predicted molar refractivity (Wildman–Crippen MR) is 95.7 cm³/mol. The van der Waals surface area contributed by atoms with Crippen LogP contribution in [0.1, 0.15) is 23.5 Å². The smallest absolute Gasteiger partial charge is 0.313 e. The average molecular weight is 351 g/mol. The van der Waals surface area contributed by atoms with Crippen molar-refractivity contribution in [1.29, 1.82) is 0 Å². The highest BCUT2D eigenvalue weighted by Crippen LogP contribution is 2.34. The fourth-order valence-electron chi connectivity index (χ4n) is 3.42. The second-order valence-electron chi connectivity index (χ2n) is 6.28. The van der Waals surface area contributed by atoms with Gasteiger partial charge in [-0.25, -0.2) is 4.39 Å². The summed E-state index contributed by atoms with van der Waals surface area (Å²) < 4.78 is 24.4. The van der Waals surface area contributed by atoms with Crippen LogP contribution in [-0.4, -0.2) is 24.2 Å². The number of carbonyl (C=O) groups is 1. The van der Waals surface area contributed by atoms with Gasteiger partial charge in [0.2, 0.25) is 0 Å². The molecule has 1 heterocycles. The van der Waals surface area contributed by atoms with E-state index in [1.165, 1.54) is 12.1 Å². The summed E-state index contributed by atoms with van der Waals surface area (Å²) in [6, 6.07) is 14.1. The van der Waals surface area contributed by atoms with E-state index in [-0.39, 0.29) is 30.9 Å². The van der Waals surface area contributed by atoms with Crippen molar-refractivity contribution < 1.29 is 18.7 Å². The quantitative estimate of drug-likeness (QED) is 0.514. The summed E-state index contributed by atoms with van der Waals surface area (Å²) in [5.74, 6) is -0.144. The van der Waals surface area contributed by atoms with E-state index in [0.29, 0.717) is 18.6 Å². The van der Waals surface area contributed by atoms with Crippen LogP contribution in [0.4, 0.5) is 4.39 Å². The molecule has 0 saturated heterocycles. The zero-order chi connectivity index (χ0) is 17.9. The summed E-state index contributed by atoms with van der Waals surface area (Å²) in [5.41, 5.74) is 2.63. The first kappa shape index (κ1) is 16.5. The monoisotopic (exact) mass is 351 g/mol. The summed E-state index contributed by atoms with van der Waals surface area (Å²) in [6.07, 6.45) is 3.05. The minimum Gasteiger partial charge on any atom is -0.489 e. The molecule has 3 aromatic rings. The molecule has 2 aromatic carbocycles. The van der Waals surface area contributed by atoms with Crippen LogP contribution in [-0.2, 0) is 16.0 Å². The highest BCUT2D eigenvalue weighted by Gasteiger charge is 2.30. The van der Waals surface area contributed by atoms with E-state index < -0.39 is 0 Å². The molecule has 0 bridgehead atoms. The lowest BCUT2D eigenvalue weighted by atomic mass is 10.0. The minimum atomic E-state index is -0.313. The number of hydrogen-bond donors (Lipinski definition) is 0. The largest absolute Gasteiger partial charge is 0.489 e. The number of halogens is 1. The zero-order valence-electron chi connectivity index (χ0n) is 14.2. The first-order valence-corrected chi connectivity index (χ1v) is 8.64. The third kappa shape index (κ3) is 3.25. The van der Waals surface area contributed by atoms with Crippen molar-refractivity contribution in [3.05, 3.63) is 71.7 Å². The number of fused-ring (bicyclic) bond motifs is 2. The van der Waals surface area contributed by atoms with Crippen LogP contribution in [0.5, 0.6) is 5.75 Å². The Hall–Kier alpha value is -2.95. The maximum atomic E-state index is 13.3. The number of aromatic nitrogens is 1. The number of ether oxygens (including phenoxy) is 2. The molecule has 1 aromatic heterocycles. The summed E-state index contributed by atoms with van der Waals surface area (Å²) in [5, 5.41) is 0.924. The van der Waals surface area contributed by atoms with E-state index >= 15 is 0 Å². The maximum Gasteiger partial charge on any atom is 0.313 e. The van der Waals surface area contributed by atoms with Gasteiger partial charge in [0.15, 0.2) is 0 Å². The van der Waals surface area contributed by atoms with Gasteiger partial charge < -0.3 is 9.47 Å². The first-order valence-electron chi connectivity index (χ1n) is 8.64. The molecule has 0 aliphatic heterocycles. The van der Waals surface area contributed by atoms with Crippen LogP contribution in [0.3, 0.4) is 0 Å². The minimum absolute atomic E-state index is 0.169. The fourth-order valence-corrected chi connectivity index (χ4v) is 3.42. The Morgan fingerprint density at radius 3 is 2.96 bits per heavy atom. The van der Waals surface area contributed by atoms with Gasteiger partial charge in [-0.05, 0) is 54.3 Å². The Morgan fingerprint density at radius 2 is 2.04 bits per heavy atom. The number of esters is 1. The molecule has 0 spiro atoms. The van der Waals surface area contributed by atoms with Crippen LogP contribution in [0.2, 0.25) is 0 Å². The third-order valence-corrected chi connectivity index (χ3v) is 4.66. The van der Waals surface area contributed by atoms with E-state index in [1.54, 1.807) is 18.3 Å². The van der Waals surface area contributed by atoms with Gasteiger partial charge in [0.05, 0.1) is 11.4 Å². The highest BCUT2D eigenvalue weighted by atomic mass is 19.1. The fraction of sp³-hybridized carbons (Fsp3) is 0.238. The summed E-state index contributed by atoms with van der Waals surface area (Å²) in [7, 11) is 0. The Balaban J connectivity index is 1.34. The molecule has 0 saturated carbocycles. The van der Waals surface area contributed by atoms with Crippen molar-refractivity contribution in [2.24, 2.45) is 0 Å². The van der Waals surface area contributed by atoms with Crippen LogP contribution >= 0.6 is 0 Å². The molecule has 0 fully saturated rings. The lowest BCUT2D eigenvalue weighted by Gasteiger charge is -2.13. The molecule has 26 heavy (non-hydrogen) atoms. The third-order valence-electron chi connectivity index (χ3n) is 4.66. The second kappa shape index (κ2) is 7.12. The van der Waals surface area contributed by atoms with Gasteiger partial charge in [-0.3, -0.25) is 9.78 Å². The molecule has 4 rings (SSSR count). The molecule has 1 atom stereocenters. The van der Waals surface area contributed by atoms with E-state index in [1.807, 2.05) is 24.3 Å². The Kier molecular flexibility index (Phi) is 4.52. The topological polar surface area (TPSA) is 48.4 Å². The number of nitrogens with zero attached hydrogens (tertiary/aromatic N) is 1. The van der Waals surface area contributed by atoms with Crippen molar-refractivity contribution in [2.45, 2.75) is 18.8 Å². The SMILES string of the molecule is O=C(OCCOc1ccnc2ccccc12)C1CCc2cc(F)ccc21. The first-order chi connectivity index (χ1) is 12.7. The van der Waals surface area contributed by atoms with Crippen LogP contribution in [0.15, 0.2) is 54.7 Å². The van der Waals surface area contributed by atoms with E-state index in [4.69, 9.17) is 9.47 Å². The van der Waals surface area contributed by atoms with E-state index in [2.05, 4.69) is 4.98 Å². The summed E-state index contributed by atoms with van der Waals surface area (Å²) in [6.45, 7) is 0.436. The lowest BCUT2D eigenvalue weighted by Crippen LogP contribution is -2.17. The van der Waals surface area contributed by atoms with Crippen LogP contribution < -0.4 is 4.74 Å². The predicted octanol–water partition coefficient (Wildman–Crippen LogP) is 4.03. The molecule has 1 aliphatic rings. The number of para-hydroxylation sites is 1. The number of rotatable bonds is 5. The number of hydrogen-bond acceptors (Lipinski definition) is 4. The van der Waals surface area contributed by atoms with Crippen molar-refractivity contribution in [2.75, 3.05) is 13.2 Å². The van der Waals surface area contributed by atoms with Crippen molar-refractivity contribution in [3.8, 4) is 5.75 Å². The number of pyridine rings is 1. The summed E-state index contributed by atoms with van der Waals surface area (Å²) in [4.78, 5) is 16.6. The van der Waals surface area contributed by atoms with Crippen LogP contribution in [0, 0.1) is 5.82 Å². The van der Waals surface area contributed by atoms with Gasteiger partial charge in [0.25, 0.3) is 0 Å². The number of aryl methyl sites for hydroxylation is 1. The molecule has 0 amide bonds. The van der Waals surface area contributed by atoms with Crippen LogP contribution in [0.25, 0.3) is 10.9 Å². The maximum absolute atomic E-state index is 13.3. The van der Waals surface area contributed by atoms with E-state index in [9.17, 15) is 9.18 Å². The second-order valence-corrected chi connectivity index (χ2v) is 6.28. The van der Waals surface area contributed by atoms with Gasteiger partial charge in [-0.1, -0.05) is 18.2 Å². The Morgan fingerprint density at radius 1 is 1.15 bits per heavy atom. The normalized spacial score (nSPS) is 15.7. The molecule has 0 radical (unpaired) electrons. The van der Waals surface area contributed by atoms with Gasteiger partial charge >= 0.3 is 5.97 Å². The van der Waals surface area contributed by atoms with E-state index in [0.717, 1.165) is 22.0 Å². The molecule has 1 aliphatic carbocycles. The van der Waals surface area contributed by atoms with Crippen molar-refractivity contribution >= 4 is 16.9 Å². The molecule has 132 valence electrons. The molecular weight excluding hydrogens is 333 g/mol. The Bertz CT molecular complexity index is 952. The van der Waals surface area contributed by atoms with Gasteiger partial charge in [-0.15, -0.1) is 0 Å². The molecule has 4 nitrogen and oxygen atoms in total. The van der Waals surface area contributed by atoms with Gasteiger partial charge in [0.1, 0.15) is 24.8 Å². The van der Waals surface area contributed by atoms with Gasteiger partial charge in [0, 0.05) is 11.6 Å². The summed E-state index contributed by atoms with van der Waals surface area (Å²) >= 11 is 0.